The number of nitrogens with two attached hydrogens (primary N) is 1. The summed E-state index contributed by atoms with van der Waals surface area (Å²) in [5.41, 5.74) is 4.72. The second kappa shape index (κ2) is 7.74. The predicted octanol–water partition coefficient (Wildman–Crippen LogP) is 1.83. The number of carbonyl (C=O) groups is 1. The van der Waals surface area contributed by atoms with Gasteiger partial charge in [-0.05, 0) is 38.6 Å². The van der Waals surface area contributed by atoms with Crippen molar-refractivity contribution < 1.29 is 9.53 Å². The van der Waals surface area contributed by atoms with Crippen LogP contribution in [-0.4, -0.2) is 31.2 Å². The minimum Gasteiger partial charge on any atom is -0.379 e. The fourth-order valence-corrected chi connectivity index (χ4v) is 2.39. The van der Waals surface area contributed by atoms with Gasteiger partial charge in [0.25, 0.3) is 0 Å². The number of amides is 1. The summed E-state index contributed by atoms with van der Waals surface area (Å²) in [5.74, 6) is 0.335. The maximum absolute atomic E-state index is 11.5. The summed E-state index contributed by atoms with van der Waals surface area (Å²) in [7, 11) is 0. The van der Waals surface area contributed by atoms with Crippen molar-refractivity contribution in [2.75, 3.05) is 19.8 Å². The van der Waals surface area contributed by atoms with Gasteiger partial charge in [0.15, 0.2) is 0 Å². The summed E-state index contributed by atoms with van der Waals surface area (Å²) in [6, 6.07) is 0. The molecule has 1 unspecified atom stereocenters. The van der Waals surface area contributed by atoms with E-state index in [1.165, 1.54) is 32.1 Å². The van der Waals surface area contributed by atoms with Crippen LogP contribution in [0, 0.1) is 5.92 Å². The van der Waals surface area contributed by atoms with E-state index in [4.69, 9.17) is 10.5 Å². The van der Waals surface area contributed by atoms with Crippen molar-refractivity contribution in [1.29, 1.82) is 0 Å². The van der Waals surface area contributed by atoms with Gasteiger partial charge in [-0.2, -0.15) is 0 Å². The summed E-state index contributed by atoms with van der Waals surface area (Å²) in [6.45, 7) is 5.81. The average molecular weight is 256 g/mol. The minimum atomic E-state index is -0.731. The van der Waals surface area contributed by atoms with Gasteiger partial charge in [-0.25, -0.2) is 0 Å². The molecule has 106 valence electrons. The standard InChI is InChI=1S/C14H28N2O2/c1-3-9-16-14(2,13(15)17)11-18-10-12-7-5-4-6-8-12/h12,16H,3-11H2,1-2H3,(H2,15,17). The van der Waals surface area contributed by atoms with E-state index in [2.05, 4.69) is 12.2 Å². The highest BCUT2D eigenvalue weighted by atomic mass is 16.5. The molecule has 0 heterocycles. The predicted molar refractivity (Wildman–Crippen MR) is 73.3 cm³/mol. The van der Waals surface area contributed by atoms with E-state index in [9.17, 15) is 4.79 Å². The summed E-state index contributed by atoms with van der Waals surface area (Å²) in [4.78, 5) is 11.5. The van der Waals surface area contributed by atoms with Crippen molar-refractivity contribution >= 4 is 5.91 Å². The lowest BCUT2D eigenvalue weighted by atomic mass is 9.90. The van der Waals surface area contributed by atoms with Crippen LogP contribution in [0.2, 0.25) is 0 Å². The molecule has 1 fully saturated rings. The number of rotatable bonds is 8. The highest BCUT2D eigenvalue weighted by molar-refractivity contribution is 5.84. The van der Waals surface area contributed by atoms with Gasteiger partial charge in [0.2, 0.25) is 5.91 Å². The van der Waals surface area contributed by atoms with E-state index < -0.39 is 5.54 Å². The number of hydrogen-bond acceptors (Lipinski definition) is 3. The Kier molecular flexibility index (Phi) is 6.65. The zero-order valence-electron chi connectivity index (χ0n) is 11.8. The van der Waals surface area contributed by atoms with Crippen molar-refractivity contribution in [3.05, 3.63) is 0 Å². The quantitative estimate of drug-likeness (QED) is 0.696. The SMILES string of the molecule is CCCNC(C)(COCC1CCCCC1)C(N)=O. The molecular formula is C14H28N2O2. The van der Waals surface area contributed by atoms with E-state index in [1.807, 2.05) is 6.92 Å². The van der Waals surface area contributed by atoms with Gasteiger partial charge in [0.05, 0.1) is 6.61 Å². The van der Waals surface area contributed by atoms with Crippen LogP contribution in [0.3, 0.4) is 0 Å². The molecular weight excluding hydrogens is 228 g/mol. The molecule has 1 saturated carbocycles. The van der Waals surface area contributed by atoms with Crippen LogP contribution >= 0.6 is 0 Å². The molecule has 0 bridgehead atoms. The van der Waals surface area contributed by atoms with Crippen molar-refractivity contribution in [3.8, 4) is 0 Å². The maximum Gasteiger partial charge on any atom is 0.239 e. The molecule has 0 aliphatic heterocycles. The van der Waals surface area contributed by atoms with Gasteiger partial charge in [-0.1, -0.05) is 26.2 Å². The Bertz CT molecular complexity index is 252. The Morgan fingerprint density at radius 1 is 1.39 bits per heavy atom. The molecule has 3 N–H and O–H groups in total. The summed E-state index contributed by atoms with van der Waals surface area (Å²) < 4.78 is 5.73. The third kappa shape index (κ3) is 4.94. The lowest BCUT2D eigenvalue weighted by Gasteiger charge is -2.29. The number of carbonyl (C=O) groups excluding carboxylic acids is 1. The first kappa shape index (κ1) is 15.4. The zero-order valence-corrected chi connectivity index (χ0v) is 11.8. The Morgan fingerprint density at radius 2 is 2.06 bits per heavy atom. The van der Waals surface area contributed by atoms with Gasteiger partial charge in [0, 0.05) is 6.61 Å². The molecule has 0 radical (unpaired) electrons. The van der Waals surface area contributed by atoms with Gasteiger partial charge < -0.3 is 15.8 Å². The van der Waals surface area contributed by atoms with Crippen LogP contribution in [-0.2, 0) is 9.53 Å². The second-order valence-corrected chi connectivity index (χ2v) is 5.64. The van der Waals surface area contributed by atoms with Crippen LogP contribution in [0.5, 0.6) is 0 Å². The van der Waals surface area contributed by atoms with E-state index in [-0.39, 0.29) is 5.91 Å². The Balaban J connectivity index is 2.30. The molecule has 1 atom stereocenters. The second-order valence-electron chi connectivity index (χ2n) is 5.64. The van der Waals surface area contributed by atoms with Gasteiger partial charge in [-0.3, -0.25) is 4.79 Å². The first-order valence-electron chi connectivity index (χ1n) is 7.21. The first-order valence-corrected chi connectivity index (χ1v) is 7.21. The normalized spacial score (nSPS) is 20.6. The van der Waals surface area contributed by atoms with Gasteiger partial charge >= 0.3 is 0 Å². The van der Waals surface area contributed by atoms with Crippen LogP contribution in [0.1, 0.15) is 52.4 Å². The lowest BCUT2D eigenvalue weighted by molar-refractivity contribution is -0.126. The van der Waals surface area contributed by atoms with Crippen LogP contribution in [0.15, 0.2) is 0 Å². The van der Waals surface area contributed by atoms with E-state index in [0.29, 0.717) is 12.5 Å². The van der Waals surface area contributed by atoms with Gasteiger partial charge in [0.1, 0.15) is 5.54 Å². The van der Waals surface area contributed by atoms with E-state index in [0.717, 1.165) is 19.6 Å². The van der Waals surface area contributed by atoms with Crippen molar-refractivity contribution in [1.82, 2.24) is 5.32 Å². The number of primary amides is 1. The molecule has 1 aliphatic rings. The number of hydrogen-bond donors (Lipinski definition) is 2. The fraction of sp³-hybridized carbons (Fsp3) is 0.929. The van der Waals surface area contributed by atoms with Crippen LogP contribution in [0.25, 0.3) is 0 Å². The molecule has 0 saturated heterocycles. The summed E-state index contributed by atoms with van der Waals surface area (Å²) in [5, 5.41) is 3.18. The molecule has 1 aliphatic carbocycles. The minimum absolute atomic E-state index is 0.334. The molecule has 18 heavy (non-hydrogen) atoms. The molecule has 0 spiro atoms. The third-order valence-corrected chi connectivity index (χ3v) is 3.78. The smallest absolute Gasteiger partial charge is 0.239 e. The van der Waals surface area contributed by atoms with E-state index in [1.54, 1.807) is 0 Å². The zero-order chi connectivity index (χ0) is 13.4. The molecule has 1 rings (SSSR count). The van der Waals surface area contributed by atoms with Gasteiger partial charge in [-0.15, -0.1) is 0 Å². The number of ether oxygens (including phenoxy) is 1. The molecule has 0 aromatic rings. The number of nitrogens with one attached hydrogen (secondary N) is 1. The van der Waals surface area contributed by atoms with Crippen LogP contribution < -0.4 is 11.1 Å². The average Bonchev–Trinajstić information content (AvgIpc) is 2.37. The van der Waals surface area contributed by atoms with E-state index >= 15 is 0 Å². The van der Waals surface area contributed by atoms with Crippen molar-refractivity contribution in [2.45, 2.75) is 57.9 Å². The topological polar surface area (TPSA) is 64.3 Å². The Morgan fingerprint density at radius 3 is 2.61 bits per heavy atom. The third-order valence-electron chi connectivity index (χ3n) is 3.78. The Hall–Kier alpha value is -0.610. The molecule has 1 amide bonds. The maximum atomic E-state index is 11.5. The largest absolute Gasteiger partial charge is 0.379 e. The fourth-order valence-electron chi connectivity index (χ4n) is 2.39. The first-order chi connectivity index (χ1) is 8.58. The highest BCUT2D eigenvalue weighted by Gasteiger charge is 2.30. The monoisotopic (exact) mass is 256 g/mol. The highest BCUT2D eigenvalue weighted by Crippen LogP contribution is 2.23. The lowest BCUT2D eigenvalue weighted by Crippen LogP contribution is -2.56. The molecule has 0 aromatic heterocycles. The summed E-state index contributed by atoms with van der Waals surface area (Å²) in [6.07, 6.45) is 7.48. The molecule has 4 heteroatoms. The van der Waals surface area contributed by atoms with Crippen molar-refractivity contribution in [2.24, 2.45) is 11.7 Å². The van der Waals surface area contributed by atoms with Crippen molar-refractivity contribution in [3.63, 3.8) is 0 Å². The Labute approximate surface area is 111 Å². The summed E-state index contributed by atoms with van der Waals surface area (Å²) >= 11 is 0. The molecule has 0 aromatic carbocycles. The van der Waals surface area contributed by atoms with Crippen LogP contribution in [0.4, 0.5) is 0 Å². The molecule has 4 nitrogen and oxygen atoms in total.